The topological polar surface area (TPSA) is 65.8 Å². The summed E-state index contributed by atoms with van der Waals surface area (Å²) in [6.07, 6.45) is 2.92. The Morgan fingerprint density at radius 1 is 1.25 bits per heavy atom. The maximum absolute atomic E-state index is 12.8. The lowest BCUT2D eigenvalue weighted by atomic mass is 10.1. The van der Waals surface area contributed by atoms with Gasteiger partial charge in [0, 0.05) is 6.20 Å². The predicted molar refractivity (Wildman–Crippen MR) is 72.9 cm³/mol. The Hall–Kier alpha value is -3.00. The summed E-state index contributed by atoms with van der Waals surface area (Å²) < 4.78 is 12.8. The number of halogens is 1. The quantitative estimate of drug-likeness (QED) is 0.687. The molecule has 0 saturated carbocycles. The number of amides is 1. The molecule has 0 fully saturated rings. The fourth-order valence-electron chi connectivity index (χ4n) is 1.49. The summed E-state index contributed by atoms with van der Waals surface area (Å²) in [5.41, 5.74) is 0.487. The van der Waals surface area contributed by atoms with Crippen LogP contribution in [0.15, 0.2) is 54.2 Å². The third kappa shape index (κ3) is 3.50. The standard InChI is InChI=1S/C15H10FN3O/c16-13-6-4-11(5-7-13)9-12(10-17)15(20)19-14-3-1-2-8-18-14/h1-9H,(H,18,19,20)/b12-9+. The molecule has 2 rings (SSSR count). The predicted octanol–water partition coefficient (Wildman–Crippen LogP) is 2.77. The molecule has 0 aliphatic carbocycles. The molecule has 1 aromatic carbocycles. The number of benzene rings is 1. The normalized spacial score (nSPS) is 10.7. The van der Waals surface area contributed by atoms with Gasteiger partial charge < -0.3 is 5.32 Å². The first-order valence-corrected chi connectivity index (χ1v) is 5.79. The molecule has 0 unspecified atom stereocenters. The first-order chi connectivity index (χ1) is 9.69. The molecule has 0 aliphatic heterocycles. The molecule has 1 amide bonds. The number of nitrogens with zero attached hydrogens (tertiary/aromatic N) is 2. The molecule has 1 heterocycles. The van der Waals surface area contributed by atoms with E-state index in [4.69, 9.17) is 5.26 Å². The zero-order chi connectivity index (χ0) is 14.4. The van der Waals surface area contributed by atoms with Crippen LogP contribution in [0.25, 0.3) is 6.08 Å². The minimum absolute atomic E-state index is 0.0812. The van der Waals surface area contributed by atoms with E-state index in [1.54, 1.807) is 18.2 Å². The molecule has 0 atom stereocenters. The monoisotopic (exact) mass is 267 g/mol. The summed E-state index contributed by atoms with van der Waals surface area (Å²) in [4.78, 5) is 15.8. The van der Waals surface area contributed by atoms with Crippen molar-refractivity contribution in [1.29, 1.82) is 5.26 Å². The number of carbonyl (C=O) groups excluding carboxylic acids is 1. The van der Waals surface area contributed by atoms with Gasteiger partial charge in [-0.1, -0.05) is 18.2 Å². The number of pyridine rings is 1. The van der Waals surface area contributed by atoms with Crippen LogP contribution in [0.5, 0.6) is 0 Å². The second-order valence-corrected chi connectivity index (χ2v) is 3.89. The van der Waals surface area contributed by atoms with Gasteiger partial charge in [-0.2, -0.15) is 5.26 Å². The molecule has 20 heavy (non-hydrogen) atoms. The molecule has 2 aromatic rings. The molecule has 0 radical (unpaired) electrons. The van der Waals surface area contributed by atoms with Crippen molar-refractivity contribution in [3.63, 3.8) is 0 Å². The molecule has 4 nitrogen and oxygen atoms in total. The largest absolute Gasteiger partial charge is 0.306 e. The van der Waals surface area contributed by atoms with Gasteiger partial charge in [-0.15, -0.1) is 0 Å². The van der Waals surface area contributed by atoms with E-state index in [2.05, 4.69) is 10.3 Å². The molecule has 0 aliphatic rings. The summed E-state index contributed by atoms with van der Waals surface area (Å²) in [6, 6.07) is 12.4. The van der Waals surface area contributed by atoms with Gasteiger partial charge in [-0.3, -0.25) is 4.79 Å². The number of anilines is 1. The Morgan fingerprint density at radius 3 is 2.60 bits per heavy atom. The smallest absolute Gasteiger partial charge is 0.267 e. The van der Waals surface area contributed by atoms with E-state index in [0.717, 1.165) is 0 Å². The van der Waals surface area contributed by atoms with Gasteiger partial charge in [-0.05, 0) is 35.9 Å². The third-order valence-electron chi connectivity index (χ3n) is 2.45. The minimum Gasteiger partial charge on any atom is -0.306 e. The molecule has 98 valence electrons. The SMILES string of the molecule is N#C/C(=C\c1ccc(F)cc1)C(=O)Nc1ccccn1. The lowest BCUT2D eigenvalue weighted by Crippen LogP contribution is -2.14. The Kier molecular flexibility index (Phi) is 4.20. The van der Waals surface area contributed by atoms with Crippen LogP contribution in [0, 0.1) is 17.1 Å². The highest BCUT2D eigenvalue weighted by atomic mass is 19.1. The van der Waals surface area contributed by atoms with Crippen LogP contribution < -0.4 is 5.32 Å². The van der Waals surface area contributed by atoms with E-state index < -0.39 is 5.91 Å². The number of hydrogen-bond acceptors (Lipinski definition) is 3. The van der Waals surface area contributed by atoms with Crippen LogP contribution in [-0.2, 0) is 4.79 Å². The molecule has 0 saturated heterocycles. The summed E-state index contributed by atoms with van der Waals surface area (Å²) in [6.45, 7) is 0. The van der Waals surface area contributed by atoms with Gasteiger partial charge in [0.15, 0.2) is 0 Å². The van der Waals surface area contributed by atoms with Crippen LogP contribution in [0.3, 0.4) is 0 Å². The Morgan fingerprint density at radius 2 is 2.00 bits per heavy atom. The molecular formula is C15H10FN3O. The zero-order valence-electron chi connectivity index (χ0n) is 10.4. The van der Waals surface area contributed by atoms with Crippen molar-refractivity contribution < 1.29 is 9.18 Å². The van der Waals surface area contributed by atoms with Gasteiger partial charge >= 0.3 is 0 Å². The summed E-state index contributed by atoms with van der Waals surface area (Å²) >= 11 is 0. The molecule has 0 spiro atoms. The Balaban J connectivity index is 2.18. The fraction of sp³-hybridized carbons (Fsp3) is 0. The van der Waals surface area contributed by atoms with Crippen molar-refractivity contribution in [1.82, 2.24) is 4.98 Å². The van der Waals surface area contributed by atoms with Crippen LogP contribution in [0.4, 0.5) is 10.2 Å². The highest BCUT2D eigenvalue weighted by molar-refractivity contribution is 6.09. The molecule has 0 bridgehead atoms. The van der Waals surface area contributed by atoms with Crippen molar-refractivity contribution in [3.8, 4) is 6.07 Å². The average Bonchev–Trinajstić information content (AvgIpc) is 2.47. The van der Waals surface area contributed by atoms with Crippen LogP contribution in [0.2, 0.25) is 0 Å². The van der Waals surface area contributed by atoms with Crippen molar-refractivity contribution >= 4 is 17.8 Å². The highest BCUT2D eigenvalue weighted by Crippen LogP contribution is 2.10. The average molecular weight is 267 g/mol. The molecule has 1 aromatic heterocycles. The minimum atomic E-state index is -0.560. The Labute approximate surface area is 115 Å². The van der Waals surface area contributed by atoms with E-state index in [1.165, 1.54) is 36.5 Å². The molecule has 5 heteroatoms. The maximum atomic E-state index is 12.8. The molecule has 1 N–H and O–H groups in total. The van der Waals surface area contributed by atoms with Gasteiger partial charge in [0.05, 0.1) is 0 Å². The van der Waals surface area contributed by atoms with E-state index >= 15 is 0 Å². The van der Waals surface area contributed by atoms with Crippen LogP contribution >= 0.6 is 0 Å². The van der Waals surface area contributed by atoms with E-state index in [0.29, 0.717) is 11.4 Å². The van der Waals surface area contributed by atoms with Crippen molar-refractivity contribution in [3.05, 3.63) is 65.6 Å². The fourth-order valence-corrected chi connectivity index (χ4v) is 1.49. The first kappa shape index (κ1) is 13.4. The van der Waals surface area contributed by atoms with E-state index in [-0.39, 0.29) is 11.4 Å². The van der Waals surface area contributed by atoms with E-state index in [9.17, 15) is 9.18 Å². The number of hydrogen-bond donors (Lipinski definition) is 1. The Bertz CT molecular complexity index is 673. The van der Waals surface area contributed by atoms with E-state index in [1.807, 2.05) is 6.07 Å². The van der Waals surface area contributed by atoms with Crippen LogP contribution in [-0.4, -0.2) is 10.9 Å². The molecular weight excluding hydrogens is 257 g/mol. The van der Waals surface area contributed by atoms with Crippen molar-refractivity contribution in [2.75, 3.05) is 5.32 Å². The second-order valence-electron chi connectivity index (χ2n) is 3.89. The highest BCUT2D eigenvalue weighted by Gasteiger charge is 2.09. The first-order valence-electron chi connectivity index (χ1n) is 5.79. The number of carbonyl (C=O) groups is 1. The summed E-state index contributed by atoms with van der Waals surface area (Å²) in [7, 11) is 0. The van der Waals surface area contributed by atoms with Gasteiger partial charge in [-0.25, -0.2) is 9.37 Å². The van der Waals surface area contributed by atoms with Gasteiger partial charge in [0.25, 0.3) is 5.91 Å². The number of nitriles is 1. The third-order valence-corrected chi connectivity index (χ3v) is 2.45. The summed E-state index contributed by atoms with van der Waals surface area (Å²) in [5.74, 6) is -0.577. The second kappa shape index (κ2) is 6.25. The van der Waals surface area contributed by atoms with Crippen molar-refractivity contribution in [2.45, 2.75) is 0 Å². The lowest BCUT2D eigenvalue weighted by molar-refractivity contribution is -0.112. The summed E-state index contributed by atoms with van der Waals surface area (Å²) in [5, 5.41) is 11.5. The number of aromatic nitrogens is 1. The van der Waals surface area contributed by atoms with Crippen molar-refractivity contribution in [2.24, 2.45) is 0 Å². The lowest BCUT2D eigenvalue weighted by Gasteiger charge is -2.02. The van der Waals surface area contributed by atoms with Gasteiger partial charge in [0.1, 0.15) is 23.3 Å². The number of nitrogens with one attached hydrogen (secondary N) is 1. The van der Waals surface area contributed by atoms with Gasteiger partial charge in [0.2, 0.25) is 0 Å². The van der Waals surface area contributed by atoms with Crippen LogP contribution in [0.1, 0.15) is 5.56 Å². The maximum Gasteiger partial charge on any atom is 0.267 e. The zero-order valence-corrected chi connectivity index (χ0v) is 10.4. The number of rotatable bonds is 3.